The molecule has 1 aromatic carbocycles. The topological polar surface area (TPSA) is 63.1 Å². The Labute approximate surface area is 103 Å². The number of hydrogen-bond acceptors (Lipinski definition) is 3. The van der Waals surface area contributed by atoms with Crippen LogP contribution in [-0.4, -0.2) is 21.0 Å². The number of carbonyl (C=O) groups is 1. The van der Waals surface area contributed by atoms with E-state index in [0.29, 0.717) is 10.7 Å². The molecule has 0 saturated heterocycles. The Morgan fingerprint density at radius 2 is 2.18 bits per heavy atom. The standard InChI is InChI=1S/C12H9ClN2O2/c1-7-3-2-4-8(5-7)10-9(13)6-14-11(15-10)12(16)17/h2-6H,1H3,(H,16,17). The van der Waals surface area contributed by atoms with E-state index >= 15 is 0 Å². The van der Waals surface area contributed by atoms with E-state index in [-0.39, 0.29) is 5.82 Å². The van der Waals surface area contributed by atoms with Gasteiger partial charge in [0, 0.05) is 5.56 Å². The lowest BCUT2D eigenvalue weighted by Gasteiger charge is -2.05. The van der Waals surface area contributed by atoms with Gasteiger partial charge in [-0.15, -0.1) is 0 Å². The van der Waals surface area contributed by atoms with Crippen LogP contribution in [0.25, 0.3) is 11.3 Å². The summed E-state index contributed by atoms with van der Waals surface area (Å²) in [5.41, 5.74) is 2.26. The average Bonchev–Trinajstić information content (AvgIpc) is 2.29. The summed E-state index contributed by atoms with van der Waals surface area (Å²) >= 11 is 5.97. The normalized spacial score (nSPS) is 10.2. The number of aryl methyl sites for hydroxylation is 1. The number of aromatic nitrogens is 2. The van der Waals surface area contributed by atoms with E-state index in [1.807, 2.05) is 31.2 Å². The van der Waals surface area contributed by atoms with Crippen LogP contribution in [0.2, 0.25) is 5.02 Å². The fraction of sp³-hybridized carbons (Fsp3) is 0.0833. The zero-order valence-electron chi connectivity index (χ0n) is 9.01. The molecule has 4 nitrogen and oxygen atoms in total. The van der Waals surface area contributed by atoms with Crippen LogP contribution < -0.4 is 0 Å². The number of carboxylic acid groups (broad SMARTS) is 1. The van der Waals surface area contributed by atoms with Gasteiger partial charge < -0.3 is 5.11 Å². The van der Waals surface area contributed by atoms with Crippen LogP contribution in [0.15, 0.2) is 30.5 Å². The molecule has 5 heteroatoms. The van der Waals surface area contributed by atoms with Crippen LogP contribution in [0.3, 0.4) is 0 Å². The maximum atomic E-state index is 10.8. The van der Waals surface area contributed by atoms with Gasteiger partial charge in [0.25, 0.3) is 0 Å². The highest BCUT2D eigenvalue weighted by molar-refractivity contribution is 6.32. The molecule has 0 bridgehead atoms. The Hall–Kier alpha value is -1.94. The third kappa shape index (κ3) is 2.42. The Morgan fingerprint density at radius 3 is 2.82 bits per heavy atom. The van der Waals surface area contributed by atoms with Gasteiger partial charge in [-0.1, -0.05) is 35.4 Å². The molecule has 1 heterocycles. The summed E-state index contributed by atoms with van der Waals surface area (Å²) < 4.78 is 0. The summed E-state index contributed by atoms with van der Waals surface area (Å²) in [7, 11) is 0. The van der Waals surface area contributed by atoms with Crippen LogP contribution >= 0.6 is 11.6 Å². The molecular formula is C12H9ClN2O2. The Balaban J connectivity index is 2.58. The van der Waals surface area contributed by atoms with Gasteiger partial charge in [-0.25, -0.2) is 14.8 Å². The van der Waals surface area contributed by atoms with E-state index in [2.05, 4.69) is 9.97 Å². The van der Waals surface area contributed by atoms with Gasteiger partial charge in [0.05, 0.1) is 16.9 Å². The largest absolute Gasteiger partial charge is 0.475 e. The quantitative estimate of drug-likeness (QED) is 0.888. The van der Waals surface area contributed by atoms with Crippen LogP contribution in [0, 0.1) is 6.92 Å². The highest BCUT2D eigenvalue weighted by Gasteiger charge is 2.12. The van der Waals surface area contributed by atoms with Gasteiger partial charge >= 0.3 is 5.97 Å². The molecule has 1 aromatic heterocycles. The van der Waals surface area contributed by atoms with Crippen molar-refractivity contribution in [1.29, 1.82) is 0 Å². The predicted octanol–water partition coefficient (Wildman–Crippen LogP) is 2.80. The summed E-state index contributed by atoms with van der Waals surface area (Å²) in [5, 5.41) is 9.17. The second-order valence-corrected chi connectivity index (χ2v) is 3.97. The number of hydrogen-bond donors (Lipinski definition) is 1. The summed E-state index contributed by atoms with van der Waals surface area (Å²) in [4.78, 5) is 18.4. The number of nitrogens with zero attached hydrogens (tertiary/aromatic N) is 2. The molecule has 2 rings (SSSR count). The van der Waals surface area contributed by atoms with Crippen molar-refractivity contribution in [2.75, 3.05) is 0 Å². The molecule has 17 heavy (non-hydrogen) atoms. The summed E-state index contributed by atoms with van der Waals surface area (Å²) in [6, 6.07) is 7.52. The minimum atomic E-state index is -1.17. The fourth-order valence-corrected chi connectivity index (χ4v) is 1.67. The van der Waals surface area contributed by atoms with Gasteiger partial charge in [0.15, 0.2) is 0 Å². The summed E-state index contributed by atoms with van der Waals surface area (Å²) in [6.45, 7) is 1.94. The van der Waals surface area contributed by atoms with Crippen LogP contribution in [-0.2, 0) is 0 Å². The fourth-order valence-electron chi connectivity index (χ4n) is 1.46. The average molecular weight is 249 g/mol. The molecule has 86 valence electrons. The van der Waals surface area contributed by atoms with Crippen molar-refractivity contribution in [3.63, 3.8) is 0 Å². The maximum absolute atomic E-state index is 10.8. The Kier molecular flexibility index (Phi) is 3.06. The zero-order valence-corrected chi connectivity index (χ0v) is 9.77. The van der Waals surface area contributed by atoms with Crippen molar-refractivity contribution in [3.8, 4) is 11.3 Å². The predicted molar refractivity (Wildman–Crippen MR) is 64.2 cm³/mol. The van der Waals surface area contributed by atoms with E-state index in [4.69, 9.17) is 16.7 Å². The highest BCUT2D eigenvalue weighted by Crippen LogP contribution is 2.25. The molecule has 0 aliphatic heterocycles. The van der Waals surface area contributed by atoms with Gasteiger partial charge in [0.2, 0.25) is 5.82 Å². The highest BCUT2D eigenvalue weighted by atomic mass is 35.5. The van der Waals surface area contributed by atoms with Crippen LogP contribution in [0.1, 0.15) is 16.2 Å². The molecule has 0 unspecified atom stereocenters. The second-order valence-electron chi connectivity index (χ2n) is 3.56. The van der Waals surface area contributed by atoms with Gasteiger partial charge in [-0.2, -0.15) is 0 Å². The van der Waals surface area contributed by atoms with Crippen molar-refractivity contribution in [2.45, 2.75) is 6.92 Å². The lowest BCUT2D eigenvalue weighted by molar-refractivity contribution is 0.0683. The third-order valence-electron chi connectivity index (χ3n) is 2.23. The molecular weight excluding hydrogens is 240 g/mol. The SMILES string of the molecule is Cc1cccc(-c2nc(C(=O)O)ncc2Cl)c1. The van der Waals surface area contributed by atoms with Crippen molar-refractivity contribution in [3.05, 3.63) is 46.9 Å². The van der Waals surface area contributed by atoms with Gasteiger partial charge in [-0.05, 0) is 13.0 Å². The molecule has 0 amide bonds. The van der Waals surface area contributed by atoms with E-state index in [9.17, 15) is 4.79 Å². The first-order valence-corrected chi connectivity index (χ1v) is 5.28. The first-order chi connectivity index (χ1) is 8.08. The first kappa shape index (κ1) is 11.5. The van der Waals surface area contributed by atoms with E-state index < -0.39 is 5.97 Å². The number of carboxylic acids is 1. The minimum absolute atomic E-state index is 0.258. The Morgan fingerprint density at radius 1 is 1.41 bits per heavy atom. The number of benzene rings is 1. The molecule has 2 aromatic rings. The molecule has 0 radical (unpaired) electrons. The van der Waals surface area contributed by atoms with Gasteiger partial charge in [0.1, 0.15) is 0 Å². The van der Waals surface area contributed by atoms with Crippen molar-refractivity contribution in [2.24, 2.45) is 0 Å². The molecule has 0 saturated carbocycles. The van der Waals surface area contributed by atoms with Gasteiger partial charge in [-0.3, -0.25) is 0 Å². The molecule has 0 aliphatic carbocycles. The monoisotopic (exact) mass is 248 g/mol. The van der Waals surface area contributed by atoms with E-state index in [0.717, 1.165) is 11.1 Å². The Bertz CT molecular complexity index is 584. The summed E-state index contributed by atoms with van der Waals surface area (Å²) in [6.07, 6.45) is 1.30. The molecule has 0 fully saturated rings. The number of aromatic carboxylic acids is 1. The first-order valence-electron chi connectivity index (χ1n) is 4.91. The molecule has 1 N–H and O–H groups in total. The van der Waals surface area contributed by atoms with Crippen molar-refractivity contribution < 1.29 is 9.90 Å². The summed E-state index contributed by atoms with van der Waals surface area (Å²) in [5.74, 6) is -1.43. The number of rotatable bonds is 2. The zero-order chi connectivity index (χ0) is 12.4. The third-order valence-corrected chi connectivity index (χ3v) is 2.50. The molecule has 0 aliphatic rings. The number of halogens is 1. The second kappa shape index (κ2) is 4.51. The van der Waals surface area contributed by atoms with Crippen molar-refractivity contribution >= 4 is 17.6 Å². The maximum Gasteiger partial charge on any atom is 0.373 e. The lowest BCUT2D eigenvalue weighted by atomic mass is 10.1. The van der Waals surface area contributed by atoms with E-state index in [1.54, 1.807) is 0 Å². The lowest BCUT2D eigenvalue weighted by Crippen LogP contribution is -2.04. The minimum Gasteiger partial charge on any atom is -0.475 e. The van der Waals surface area contributed by atoms with Crippen molar-refractivity contribution in [1.82, 2.24) is 9.97 Å². The van der Waals surface area contributed by atoms with Crippen LogP contribution in [0.5, 0.6) is 0 Å². The van der Waals surface area contributed by atoms with Crippen LogP contribution in [0.4, 0.5) is 0 Å². The molecule has 0 spiro atoms. The molecule has 0 atom stereocenters. The van der Waals surface area contributed by atoms with E-state index in [1.165, 1.54) is 6.20 Å². The smallest absolute Gasteiger partial charge is 0.373 e.